The largest absolute Gasteiger partial charge is 0.451 e. The molecule has 0 fully saturated rings. The summed E-state index contributed by atoms with van der Waals surface area (Å²) in [6.07, 6.45) is 0. The summed E-state index contributed by atoms with van der Waals surface area (Å²) in [5, 5.41) is 0.921. The fourth-order valence-electron chi connectivity index (χ4n) is 2.51. The molecule has 4 heteroatoms. The van der Waals surface area contributed by atoms with E-state index in [1.165, 1.54) is 11.0 Å². The number of para-hydroxylation sites is 1. The van der Waals surface area contributed by atoms with Gasteiger partial charge < -0.3 is 9.32 Å². The van der Waals surface area contributed by atoms with Crippen LogP contribution in [-0.4, -0.2) is 17.9 Å². The van der Waals surface area contributed by atoms with Gasteiger partial charge in [0.25, 0.3) is 5.91 Å². The molecular weight excluding hydrogens is 281 g/mol. The van der Waals surface area contributed by atoms with E-state index in [9.17, 15) is 9.18 Å². The van der Waals surface area contributed by atoms with Gasteiger partial charge in [-0.2, -0.15) is 0 Å². The van der Waals surface area contributed by atoms with E-state index in [0.717, 1.165) is 10.9 Å². The lowest BCUT2D eigenvalue weighted by atomic mass is 10.1. The van der Waals surface area contributed by atoms with Crippen LogP contribution in [0.15, 0.2) is 52.9 Å². The Labute approximate surface area is 128 Å². The van der Waals surface area contributed by atoms with Crippen LogP contribution >= 0.6 is 0 Å². The van der Waals surface area contributed by atoms with Crippen LogP contribution in [-0.2, 0) is 6.54 Å². The van der Waals surface area contributed by atoms with E-state index in [1.807, 2.05) is 31.2 Å². The molecule has 3 rings (SSSR count). The van der Waals surface area contributed by atoms with E-state index in [4.69, 9.17) is 4.42 Å². The lowest BCUT2D eigenvalue weighted by Gasteiger charge is -2.16. The van der Waals surface area contributed by atoms with Crippen molar-refractivity contribution in [3.8, 4) is 0 Å². The van der Waals surface area contributed by atoms with Crippen LogP contribution in [0.4, 0.5) is 4.39 Å². The van der Waals surface area contributed by atoms with Crippen molar-refractivity contribution in [2.24, 2.45) is 0 Å². The summed E-state index contributed by atoms with van der Waals surface area (Å²) in [5.74, 6) is -0.263. The number of carbonyl (C=O) groups excluding carboxylic acids is 1. The van der Waals surface area contributed by atoms with Crippen molar-refractivity contribution in [3.63, 3.8) is 0 Å². The number of benzene rings is 2. The van der Waals surface area contributed by atoms with E-state index in [-0.39, 0.29) is 18.3 Å². The monoisotopic (exact) mass is 297 g/mol. The molecule has 0 saturated carbocycles. The molecule has 0 saturated heterocycles. The van der Waals surface area contributed by atoms with Gasteiger partial charge in [-0.15, -0.1) is 0 Å². The smallest absolute Gasteiger partial charge is 0.289 e. The topological polar surface area (TPSA) is 33.5 Å². The third-order valence-corrected chi connectivity index (χ3v) is 3.75. The highest BCUT2D eigenvalue weighted by Crippen LogP contribution is 2.26. The predicted octanol–water partition coefficient (Wildman–Crippen LogP) is 4.15. The average Bonchev–Trinajstić information content (AvgIpc) is 2.86. The van der Waals surface area contributed by atoms with E-state index >= 15 is 0 Å². The van der Waals surface area contributed by atoms with Crippen molar-refractivity contribution in [2.75, 3.05) is 7.05 Å². The molecule has 0 N–H and O–H groups in total. The maximum Gasteiger partial charge on any atom is 0.289 e. The molecule has 0 aliphatic carbocycles. The summed E-state index contributed by atoms with van der Waals surface area (Å²) < 4.78 is 19.4. The maximum absolute atomic E-state index is 13.7. The van der Waals surface area contributed by atoms with Gasteiger partial charge in [0.05, 0.1) is 0 Å². The molecule has 1 aromatic heterocycles. The number of rotatable bonds is 3. The molecule has 3 nitrogen and oxygen atoms in total. The SMILES string of the molecule is Cc1c(C(=O)N(C)Cc2ccccc2F)oc2ccccc12. The van der Waals surface area contributed by atoms with E-state index in [2.05, 4.69) is 0 Å². The van der Waals surface area contributed by atoms with Crippen LogP contribution in [0.5, 0.6) is 0 Å². The van der Waals surface area contributed by atoms with Gasteiger partial charge in [0, 0.05) is 30.1 Å². The first-order chi connectivity index (χ1) is 10.6. The number of hydrogen-bond donors (Lipinski definition) is 0. The molecule has 0 bridgehead atoms. The first kappa shape index (κ1) is 14.3. The Morgan fingerprint density at radius 1 is 1.14 bits per heavy atom. The summed E-state index contributed by atoms with van der Waals surface area (Å²) in [6.45, 7) is 2.05. The number of halogens is 1. The number of carbonyl (C=O) groups is 1. The van der Waals surface area contributed by atoms with Gasteiger partial charge in [0.1, 0.15) is 11.4 Å². The van der Waals surface area contributed by atoms with Gasteiger partial charge in [-0.3, -0.25) is 4.79 Å². The quantitative estimate of drug-likeness (QED) is 0.727. The molecule has 0 aliphatic heterocycles. The fourth-order valence-corrected chi connectivity index (χ4v) is 2.51. The minimum Gasteiger partial charge on any atom is -0.451 e. The number of amides is 1. The van der Waals surface area contributed by atoms with Crippen LogP contribution in [0.25, 0.3) is 11.0 Å². The lowest BCUT2D eigenvalue weighted by molar-refractivity contribution is 0.0753. The second kappa shape index (κ2) is 5.64. The zero-order valence-electron chi connectivity index (χ0n) is 12.5. The zero-order valence-corrected chi connectivity index (χ0v) is 12.5. The molecule has 0 aliphatic rings. The highest BCUT2D eigenvalue weighted by atomic mass is 19.1. The summed E-state index contributed by atoms with van der Waals surface area (Å²) in [6, 6.07) is 14.0. The van der Waals surface area contributed by atoms with Crippen molar-refractivity contribution >= 4 is 16.9 Å². The Morgan fingerprint density at radius 3 is 2.55 bits per heavy atom. The number of aryl methyl sites for hydroxylation is 1. The standard InChI is InChI=1S/C18H16FNO2/c1-12-14-8-4-6-10-16(14)22-17(12)18(21)20(2)11-13-7-3-5-9-15(13)19/h3-10H,11H2,1-2H3. The first-order valence-corrected chi connectivity index (χ1v) is 7.05. The summed E-state index contributed by atoms with van der Waals surface area (Å²) >= 11 is 0. The molecule has 1 heterocycles. The molecule has 3 aromatic rings. The van der Waals surface area contributed by atoms with Crippen LogP contribution < -0.4 is 0 Å². The molecule has 112 valence electrons. The normalized spacial score (nSPS) is 10.9. The van der Waals surface area contributed by atoms with Crippen molar-refractivity contribution in [1.29, 1.82) is 0 Å². The van der Waals surface area contributed by atoms with Gasteiger partial charge in [-0.1, -0.05) is 36.4 Å². The van der Waals surface area contributed by atoms with Crippen molar-refractivity contribution in [2.45, 2.75) is 13.5 Å². The minimum absolute atomic E-state index is 0.196. The number of fused-ring (bicyclic) bond motifs is 1. The van der Waals surface area contributed by atoms with E-state index in [0.29, 0.717) is 16.9 Å². The average molecular weight is 297 g/mol. The highest BCUT2D eigenvalue weighted by molar-refractivity contribution is 5.98. The second-order valence-electron chi connectivity index (χ2n) is 5.30. The van der Waals surface area contributed by atoms with Gasteiger partial charge in [-0.05, 0) is 19.1 Å². The van der Waals surface area contributed by atoms with Crippen LogP contribution in [0, 0.1) is 12.7 Å². The number of hydrogen-bond acceptors (Lipinski definition) is 2. The van der Waals surface area contributed by atoms with Gasteiger partial charge in [0.2, 0.25) is 0 Å². The lowest BCUT2D eigenvalue weighted by Crippen LogP contribution is -2.26. The molecular formula is C18H16FNO2. The molecule has 2 aromatic carbocycles. The summed E-state index contributed by atoms with van der Waals surface area (Å²) in [4.78, 5) is 14.0. The minimum atomic E-state index is -0.316. The number of nitrogens with zero attached hydrogens (tertiary/aromatic N) is 1. The molecule has 0 unspecified atom stereocenters. The van der Waals surface area contributed by atoms with Crippen LogP contribution in [0.2, 0.25) is 0 Å². The summed E-state index contributed by atoms with van der Waals surface area (Å²) in [7, 11) is 1.64. The molecule has 1 amide bonds. The zero-order chi connectivity index (χ0) is 15.7. The van der Waals surface area contributed by atoms with Crippen molar-refractivity contribution in [3.05, 3.63) is 71.2 Å². The van der Waals surface area contributed by atoms with E-state index < -0.39 is 0 Å². The molecule has 22 heavy (non-hydrogen) atoms. The predicted molar refractivity (Wildman–Crippen MR) is 83.1 cm³/mol. The Morgan fingerprint density at radius 2 is 1.82 bits per heavy atom. The first-order valence-electron chi connectivity index (χ1n) is 7.05. The second-order valence-corrected chi connectivity index (χ2v) is 5.30. The van der Waals surface area contributed by atoms with Gasteiger partial charge in [0.15, 0.2) is 5.76 Å². The number of furan rings is 1. The Kier molecular flexibility index (Phi) is 3.67. The fraction of sp³-hybridized carbons (Fsp3) is 0.167. The van der Waals surface area contributed by atoms with Gasteiger partial charge >= 0.3 is 0 Å². The van der Waals surface area contributed by atoms with Crippen LogP contribution in [0.3, 0.4) is 0 Å². The van der Waals surface area contributed by atoms with E-state index in [1.54, 1.807) is 25.2 Å². The molecule has 0 atom stereocenters. The molecule has 0 radical (unpaired) electrons. The Balaban J connectivity index is 1.89. The third-order valence-electron chi connectivity index (χ3n) is 3.75. The third kappa shape index (κ3) is 2.48. The Bertz CT molecular complexity index is 838. The van der Waals surface area contributed by atoms with Crippen molar-refractivity contribution in [1.82, 2.24) is 4.90 Å². The summed E-state index contributed by atoms with van der Waals surface area (Å²) in [5.41, 5.74) is 1.97. The molecule has 0 spiro atoms. The highest BCUT2D eigenvalue weighted by Gasteiger charge is 2.21. The maximum atomic E-state index is 13.7. The van der Waals surface area contributed by atoms with Gasteiger partial charge in [-0.25, -0.2) is 4.39 Å². The Hall–Kier alpha value is -2.62. The van der Waals surface area contributed by atoms with Crippen molar-refractivity contribution < 1.29 is 13.6 Å². The van der Waals surface area contributed by atoms with Crippen LogP contribution in [0.1, 0.15) is 21.7 Å².